The minimum Gasteiger partial charge on any atom is -0.506 e. The summed E-state index contributed by atoms with van der Waals surface area (Å²) in [5.41, 5.74) is -0.626. The third-order valence-electron chi connectivity index (χ3n) is 6.13. The number of aliphatic imine (C=N–C) groups is 1. The van der Waals surface area contributed by atoms with E-state index in [-0.39, 0.29) is 32.9 Å². The molecule has 2 N–H and O–H groups in total. The molecule has 3 aromatic rings. The summed E-state index contributed by atoms with van der Waals surface area (Å²) in [4.78, 5) is 17.7. The molecule has 2 aromatic carbocycles. The van der Waals surface area contributed by atoms with Gasteiger partial charge in [0.05, 0.1) is 33.8 Å². The summed E-state index contributed by atoms with van der Waals surface area (Å²) in [5.74, 6) is -1.32. The van der Waals surface area contributed by atoms with Crippen LogP contribution in [0.2, 0.25) is 0 Å². The maximum absolute atomic E-state index is 14.0. The van der Waals surface area contributed by atoms with Crippen LogP contribution in [0.15, 0.2) is 51.1 Å². The minimum atomic E-state index is -4.04. The van der Waals surface area contributed by atoms with Gasteiger partial charge in [-0.05, 0) is 48.7 Å². The van der Waals surface area contributed by atoms with E-state index in [4.69, 9.17) is 0 Å². The number of pyridine rings is 1. The van der Waals surface area contributed by atoms with Gasteiger partial charge in [-0.3, -0.25) is 14.5 Å². The lowest BCUT2D eigenvalue weighted by molar-refractivity contribution is 0.476. The van der Waals surface area contributed by atoms with E-state index in [2.05, 4.69) is 9.71 Å². The largest absolute Gasteiger partial charge is 0.506 e. The molecule has 0 unspecified atom stereocenters. The number of nitrogens with one attached hydrogen (secondary N) is 1. The smallest absolute Gasteiger partial charge is 0.263 e. The number of halogens is 1. The fourth-order valence-electron chi connectivity index (χ4n) is 4.31. The SMILES string of the molecule is CS(=O)(=O)Nc1ccc2c(c1)S(=O)(=O)CC(c1c(O)c3cc(F)ccc3n(CCC3CC3)c1=O)=N2. The van der Waals surface area contributed by atoms with Gasteiger partial charge in [0.2, 0.25) is 10.0 Å². The number of aryl methyl sites for hydroxylation is 1. The van der Waals surface area contributed by atoms with Crippen molar-refractivity contribution in [1.82, 2.24) is 4.57 Å². The van der Waals surface area contributed by atoms with Gasteiger partial charge < -0.3 is 9.67 Å². The zero-order chi connectivity index (χ0) is 25.1. The summed E-state index contributed by atoms with van der Waals surface area (Å²) in [6.07, 6.45) is 3.82. The molecule has 1 aliphatic heterocycles. The van der Waals surface area contributed by atoms with Crippen LogP contribution in [0.4, 0.5) is 15.8 Å². The zero-order valence-electron chi connectivity index (χ0n) is 18.7. The van der Waals surface area contributed by atoms with E-state index in [0.29, 0.717) is 18.0 Å². The molecular formula is C23H22FN3O6S2. The fraction of sp³-hybridized carbons (Fsp3) is 0.304. The average molecular weight is 520 g/mol. The molecular weight excluding hydrogens is 497 g/mol. The van der Waals surface area contributed by atoms with Gasteiger partial charge in [-0.1, -0.05) is 12.8 Å². The van der Waals surface area contributed by atoms with Gasteiger partial charge in [0.1, 0.15) is 17.1 Å². The molecule has 2 heterocycles. The first kappa shape index (κ1) is 23.5. The first-order valence-corrected chi connectivity index (χ1v) is 14.4. The van der Waals surface area contributed by atoms with E-state index >= 15 is 0 Å². The number of rotatable bonds is 6. The van der Waals surface area contributed by atoms with Gasteiger partial charge in [0, 0.05) is 17.6 Å². The highest BCUT2D eigenvalue weighted by molar-refractivity contribution is 7.92. The average Bonchev–Trinajstić information content (AvgIpc) is 3.57. The third kappa shape index (κ3) is 4.55. The van der Waals surface area contributed by atoms with E-state index in [1.54, 1.807) is 0 Å². The Kier molecular flexibility index (Phi) is 5.48. The van der Waals surface area contributed by atoms with E-state index in [1.807, 2.05) is 0 Å². The molecule has 9 nitrogen and oxygen atoms in total. The Hall–Kier alpha value is -3.25. The first-order valence-electron chi connectivity index (χ1n) is 10.9. The number of nitrogens with zero attached hydrogens (tertiary/aromatic N) is 2. The van der Waals surface area contributed by atoms with E-state index in [1.165, 1.54) is 28.8 Å². The molecule has 184 valence electrons. The molecule has 0 radical (unpaired) electrons. The van der Waals surface area contributed by atoms with Gasteiger partial charge in [-0.25, -0.2) is 21.2 Å². The van der Waals surface area contributed by atoms with Crippen molar-refractivity contribution in [3.8, 4) is 5.75 Å². The van der Waals surface area contributed by atoms with Crippen molar-refractivity contribution < 1.29 is 26.3 Å². The molecule has 1 aliphatic carbocycles. The standard InChI is InChI=1S/C23H22FN3O6S2/c1-34(30,31)26-15-5-6-17-20(11-15)35(32,33)12-18(25-17)21-22(28)16-10-14(24)4-7-19(16)27(23(21)29)9-8-13-2-3-13/h4-7,10-11,13,26,28H,2-3,8-9,12H2,1H3. The number of anilines is 1. The predicted octanol–water partition coefficient (Wildman–Crippen LogP) is 2.93. The number of hydrogen-bond acceptors (Lipinski definition) is 7. The zero-order valence-corrected chi connectivity index (χ0v) is 20.3. The number of aromatic hydroxyl groups is 1. The van der Waals surface area contributed by atoms with Crippen LogP contribution in [0.25, 0.3) is 10.9 Å². The van der Waals surface area contributed by atoms with Crippen molar-refractivity contribution in [3.05, 3.63) is 58.1 Å². The van der Waals surface area contributed by atoms with Crippen molar-refractivity contribution in [2.75, 3.05) is 16.7 Å². The van der Waals surface area contributed by atoms with Crippen molar-refractivity contribution in [3.63, 3.8) is 0 Å². The van der Waals surface area contributed by atoms with Crippen LogP contribution in [0.1, 0.15) is 24.8 Å². The normalized spacial score (nSPS) is 17.1. The second-order valence-corrected chi connectivity index (χ2v) is 12.7. The van der Waals surface area contributed by atoms with E-state index in [9.17, 15) is 31.1 Å². The van der Waals surface area contributed by atoms with Crippen molar-refractivity contribution >= 4 is 47.8 Å². The molecule has 0 bridgehead atoms. The maximum atomic E-state index is 14.0. The van der Waals surface area contributed by atoms with Crippen LogP contribution in [0.3, 0.4) is 0 Å². The number of hydrogen-bond donors (Lipinski definition) is 2. The Morgan fingerprint density at radius 3 is 2.63 bits per heavy atom. The molecule has 1 aromatic heterocycles. The summed E-state index contributed by atoms with van der Waals surface area (Å²) in [5, 5.41) is 11.1. The Labute approximate surface area is 200 Å². The predicted molar refractivity (Wildman–Crippen MR) is 130 cm³/mol. The summed E-state index contributed by atoms with van der Waals surface area (Å²) in [6.45, 7) is 0.343. The highest BCUT2D eigenvalue weighted by Crippen LogP contribution is 2.37. The fourth-order valence-corrected chi connectivity index (χ4v) is 6.33. The van der Waals surface area contributed by atoms with Crippen LogP contribution in [-0.4, -0.2) is 44.2 Å². The number of aromatic nitrogens is 1. The molecule has 12 heteroatoms. The maximum Gasteiger partial charge on any atom is 0.263 e. The molecule has 1 fully saturated rings. The molecule has 5 rings (SSSR count). The monoisotopic (exact) mass is 519 g/mol. The summed E-state index contributed by atoms with van der Waals surface area (Å²) in [7, 11) is -7.67. The van der Waals surface area contributed by atoms with Crippen molar-refractivity contribution in [2.45, 2.75) is 30.7 Å². The van der Waals surface area contributed by atoms with Crippen molar-refractivity contribution in [2.24, 2.45) is 10.9 Å². The highest BCUT2D eigenvalue weighted by Gasteiger charge is 2.32. The number of benzene rings is 2. The molecule has 0 amide bonds. The molecule has 0 spiro atoms. The molecule has 35 heavy (non-hydrogen) atoms. The van der Waals surface area contributed by atoms with Crippen molar-refractivity contribution in [1.29, 1.82) is 0 Å². The third-order valence-corrected chi connectivity index (χ3v) is 8.38. The lowest BCUT2D eigenvalue weighted by Gasteiger charge is -2.20. The number of sulfonamides is 1. The lowest BCUT2D eigenvalue weighted by atomic mass is 10.1. The summed E-state index contributed by atoms with van der Waals surface area (Å²) in [6, 6.07) is 7.57. The van der Waals surface area contributed by atoms with E-state index < -0.39 is 42.7 Å². The van der Waals surface area contributed by atoms with Gasteiger partial charge in [-0.2, -0.15) is 0 Å². The molecule has 0 atom stereocenters. The van der Waals surface area contributed by atoms with Gasteiger partial charge >= 0.3 is 0 Å². The Morgan fingerprint density at radius 2 is 1.94 bits per heavy atom. The number of fused-ring (bicyclic) bond motifs is 2. The quantitative estimate of drug-likeness (QED) is 0.514. The van der Waals surface area contributed by atoms with Crippen LogP contribution >= 0.6 is 0 Å². The van der Waals surface area contributed by atoms with E-state index in [0.717, 1.165) is 37.7 Å². The topological polar surface area (TPSA) is 135 Å². The van der Waals surface area contributed by atoms with Gasteiger partial charge in [0.15, 0.2) is 9.84 Å². The molecule has 1 saturated carbocycles. The van der Waals surface area contributed by atoms with Crippen LogP contribution < -0.4 is 10.3 Å². The summed E-state index contributed by atoms with van der Waals surface area (Å²) < 4.78 is 67.0. The minimum absolute atomic E-state index is 0.00738. The second-order valence-electron chi connectivity index (χ2n) is 8.95. The van der Waals surface area contributed by atoms with Crippen LogP contribution in [-0.2, 0) is 26.4 Å². The summed E-state index contributed by atoms with van der Waals surface area (Å²) >= 11 is 0. The second kappa shape index (κ2) is 8.16. The van der Waals surface area contributed by atoms with Crippen LogP contribution in [0.5, 0.6) is 5.75 Å². The Bertz CT molecular complexity index is 1690. The lowest BCUT2D eigenvalue weighted by Crippen LogP contribution is -2.31. The molecule has 0 saturated heterocycles. The molecule has 2 aliphatic rings. The Morgan fingerprint density at radius 1 is 1.20 bits per heavy atom. The Balaban J connectivity index is 1.69. The van der Waals surface area contributed by atoms with Gasteiger partial charge in [0.25, 0.3) is 5.56 Å². The van der Waals surface area contributed by atoms with Gasteiger partial charge in [-0.15, -0.1) is 0 Å². The number of sulfone groups is 1. The highest BCUT2D eigenvalue weighted by atomic mass is 32.2. The van der Waals surface area contributed by atoms with Crippen LogP contribution in [0, 0.1) is 11.7 Å². The first-order chi connectivity index (χ1) is 16.4.